The van der Waals surface area contributed by atoms with E-state index in [2.05, 4.69) is 0 Å². The van der Waals surface area contributed by atoms with Gasteiger partial charge in [-0.15, -0.1) is 0 Å². The van der Waals surface area contributed by atoms with Crippen molar-refractivity contribution in [2.45, 2.75) is 19.1 Å². The second kappa shape index (κ2) is 7.65. The molecule has 1 heterocycles. The van der Waals surface area contributed by atoms with E-state index in [1.54, 1.807) is 17.0 Å². The van der Waals surface area contributed by atoms with Crippen LogP contribution in [-0.2, 0) is 4.74 Å². The average Bonchev–Trinajstić information content (AvgIpc) is 2.61. The van der Waals surface area contributed by atoms with Crippen LogP contribution in [-0.4, -0.2) is 37.1 Å². The molecule has 1 amide bonds. The summed E-state index contributed by atoms with van der Waals surface area (Å²) in [6.07, 6.45) is -0.217. The van der Waals surface area contributed by atoms with Crippen LogP contribution in [0.5, 0.6) is 5.75 Å². The summed E-state index contributed by atoms with van der Waals surface area (Å²) >= 11 is 12.3. The van der Waals surface area contributed by atoms with Crippen LogP contribution in [0.25, 0.3) is 0 Å². The minimum Gasteiger partial charge on any atom is -0.494 e. The quantitative estimate of drug-likeness (QED) is 0.781. The van der Waals surface area contributed by atoms with Crippen molar-refractivity contribution < 1.29 is 14.3 Å². The van der Waals surface area contributed by atoms with E-state index in [1.807, 2.05) is 37.3 Å². The Balaban J connectivity index is 1.84. The van der Waals surface area contributed by atoms with Crippen LogP contribution in [0.2, 0.25) is 10.0 Å². The Morgan fingerprint density at radius 3 is 2.40 bits per heavy atom. The Bertz CT molecular complexity index is 744. The molecule has 0 aliphatic carbocycles. The van der Waals surface area contributed by atoms with Gasteiger partial charge in [-0.3, -0.25) is 4.79 Å². The molecule has 2 aromatic rings. The maximum Gasteiger partial charge on any atom is 0.254 e. The number of nitrogens with zero attached hydrogens (tertiary/aromatic N) is 1. The second-order valence-corrected chi connectivity index (χ2v) is 6.84. The van der Waals surface area contributed by atoms with E-state index < -0.39 is 0 Å². The van der Waals surface area contributed by atoms with Gasteiger partial charge in [-0.05, 0) is 24.6 Å². The fourth-order valence-electron chi connectivity index (χ4n) is 3.03. The zero-order valence-electron chi connectivity index (χ0n) is 14.0. The number of hydrogen-bond acceptors (Lipinski definition) is 3. The molecule has 25 heavy (non-hydrogen) atoms. The van der Waals surface area contributed by atoms with Gasteiger partial charge in [0.1, 0.15) is 6.10 Å². The molecule has 1 fully saturated rings. The molecular weight excluding hydrogens is 361 g/mol. The molecule has 0 aromatic heterocycles. The van der Waals surface area contributed by atoms with Crippen molar-refractivity contribution in [3.63, 3.8) is 0 Å². The van der Waals surface area contributed by atoms with Gasteiger partial charge in [0.05, 0.1) is 29.8 Å². The summed E-state index contributed by atoms with van der Waals surface area (Å²) in [4.78, 5) is 14.7. The summed E-state index contributed by atoms with van der Waals surface area (Å²) in [7, 11) is 1.49. The molecule has 3 rings (SSSR count). The first-order chi connectivity index (χ1) is 12.0. The average molecular weight is 380 g/mol. The van der Waals surface area contributed by atoms with Gasteiger partial charge in [0.25, 0.3) is 5.91 Å². The molecule has 1 saturated heterocycles. The highest BCUT2D eigenvalue weighted by molar-refractivity contribution is 6.37. The number of benzene rings is 2. The molecule has 0 N–H and O–H groups in total. The summed E-state index contributed by atoms with van der Waals surface area (Å²) in [5.41, 5.74) is 1.49. The zero-order chi connectivity index (χ0) is 18.0. The number of carbonyl (C=O) groups is 1. The van der Waals surface area contributed by atoms with Crippen molar-refractivity contribution in [2.75, 3.05) is 20.2 Å². The van der Waals surface area contributed by atoms with Crippen LogP contribution in [0.4, 0.5) is 0 Å². The topological polar surface area (TPSA) is 38.8 Å². The molecule has 1 aliphatic heterocycles. The van der Waals surface area contributed by atoms with Gasteiger partial charge in [-0.25, -0.2) is 0 Å². The van der Waals surface area contributed by atoms with E-state index in [-0.39, 0.29) is 18.1 Å². The minimum atomic E-state index is -0.155. The zero-order valence-corrected chi connectivity index (χ0v) is 15.6. The summed E-state index contributed by atoms with van der Waals surface area (Å²) in [6.45, 7) is 2.96. The number of methoxy groups -OCH3 is 1. The van der Waals surface area contributed by atoms with E-state index >= 15 is 0 Å². The number of amides is 1. The Kier molecular flexibility index (Phi) is 5.52. The highest BCUT2D eigenvalue weighted by atomic mass is 35.5. The predicted octanol–water partition coefficient (Wildman–Crippen LogP) is 4.60. The second-order valence-electron chi connectivity index (χ2n) is 6.03. The van der Waals surface area contributed by atoms with E-state index in [0.29, 0.717) is 34.4 Å². The maximum atomic E-state index is 12.9. The molecule has 2 aromatic carbocycles. The first-order valence-electron chi connectivity index (χ1n) is 8.02. The third-order valence-corrected chi connectivity index (χ3v) is 4.73. The van der Waals surface area contributed by atoms with E-state index in [1.165, 1.54) is 7.11 Å². The van der Waals surface area contributed by atoms with Crippen LogP contribution in [0, 0.1) is 0 Å². The fraction of sp³-hybridized carbons (Fsp3) is 0.316. The summed E-state index contributed by atoms with van der Waals surface area (Å²) in [6, 6.07) is 13.1. The smallest absolute Gasteiger partial charge is 0.254 e. The third kappa shape index (κ3) is 3.92. The van der Waals surface area contributed by atoms with Gasteiger partial charge >= 0.3 is 0 Å². The van der Waals surface area contributed by atoms with Gasteiger partial charge in [-0.2, -0.15) is 0 Å². The highest BCUT2D eigenvalue weighted by Crippen LogP contribution is 2.35. The van der Waals surface area contributed by atoms with Crippen LogP contribution in [0.3, 0.4) is 0 Å². The lowest BCUT2D eigenvalue weighted by Crippen LogP contribution is -2.46. The SMILES string of the molecule is COc1c(Cl)cc(C(=O)N2CC(C)OC(c3ccccc3)C2)cc1Cl. The molecule has 6 heteroatoms. The largest absolute Gasteiger partial charge is 0.494 e. The molecular formula is C19H19Cl2NO3. The summed E-state index contributed by atoms with van der Waals surface area (Å²) in [5.74, 6) is 0.250. The van der Waals surface area contributed by atoms with Gasteiger partial charge < -0.3 is 14.4 Å². The van der Waals surface area contributed by atoms with Crippen molar-refractivity contribution in [3.05, 3.63) is 63.6 Å². The Morgan fingerprint density at radius 1 is 1.16 bits per heavy atom. The van der Waals surface area contributed by atoms with E-state index in [0.717, 1.165) is 5.56 Å². The van der Waals surface area contributed by atoms with Crippen molar-refractivity contribution in [3.8, 4) is 5.75 Å². The highest BCUT2D eigenvalue weighted by Gasteiger charge is 2.30. The molecule has 0 saturated carbocycles. The van der Waals surface area contributed by atoms with Crippen molar-refractivity contribution >= 4 is 29.1 Å². The van der Waals surface area contributed by atoms with E-state index in [9.17, 15) is 4.79 Å². The molecule has 0 bridgehead atoms. The minimum absolute atomic E-state index is 0.0629. The van der Waals surface area contributed by atoms with Crippen LogP contribution in [0.15, 0.2) is 42.5 Å². The summed E-state index contributed by atoms with van der Waals surface area (Å²) < 4.78 is 11.1. The fourth-order valence-corrected chi connectivity index (χ4v) is 3.67. The number of carbonyl (C=O) groups excluding carboxylic acids is 1. The van der Waals surface area contributed by atoms with Gasteiger partial charge in [0.2, 0.25) is 0 Å². The molecule has 0 spiro atoms. The first-order valence-corrected chi connectivity index (χ1v) is 8.78. The normalized spacial score (nSPS) is 20.4. The molecule has 2 atom stereocenters. The Hall–Kier alpha value is -1.75. The molecule has 1 aliphatic rings. The lowest BCUT2D eigenvalue weighted by atomic mass is 10.1. The van der Waals surface area contributed by atoms with Gasteiger partial charge in [-0.1, -0.05) is 53.5 Å². The van der Waals surface area contributed by atoms with Gasteiger partial charge in [0, 0.05) is 12.1 Å². The Labute approximate surface area is 157 Å². The third-order valence-electron chi connectivity index (χ3n) is 4.17. The monoisotopic (exact) mass is 379 g/mol. The predicted molar refractivity (Wildman–Crippen MR) is 98.6 cm³/mol. The number of rotatable bonds is 3. The van der Waals surface area contributed by atoms with Crippen molar-refractivity contribution in [1.29, 1.82) is 0 Å². The van der Waals surface area contributed by atoms with Crippen LogP contribution < -0.4 is 4.74 Å². The molecule has 0 radical (unpaired) electrons. The van der Waals surface area contributed by atoms with Crippen LogP contribution in [0.1, 0.15) is 28.9 Å². The lowest BCUT2D eigenvalue weighted by molar-refractivity contribution is -0.0691. The standard InChI is InChI=1S/C19H19Cl2NO3/c1-12-10-22(11-17(25-12)13-6-4-3-5-7-13)19(23)14-8-15(20)18(24-2)16(21)9-14/h3-9,12,17H,10-11H2,1-2H3. The number of morpholine rings is 1. The lowest BCUT2D eigenvalue weighted by Gasteiger charge is -2.37. The first kappa shape index (κ1) is 18.1. The molecule has 4 nitrogen and oxygen atoms in total. The van der Waals surface area contributed by atoms with Crippen molar-refractivity contribution in [1.82, 2.24) is 4.90 Å². The molecule has 2 unspecified atom stereocenters. The summed E-state index contributed by atoms with van der Waals surface area (Å²) in [5, 5.41) is 0.638. The van der Waals surface area contributed by atoms with Crippen molar-refractivity contribution in [2.24, 2.45) is 0 Å². The number of halogens is 2. The van der Waals surface area contributed by atoms with Gasteiger partial charge in [0.15, 0.2) is 5.75 Å². The maximum absolute atomic E-state index is 12.9. The van der Waals surface area contributed by atoms with E-state index in [4.69, 9.17) is 32.7 Å². The molecule has 132 valence electrons. The van der Waals surface area contributed by atoms with Crippen LogP contribution >= 0.6 is 23.2 Å². The number of ether oxygens (including phenoxy) is 2. The number of hydrogen-bond donors (Lipinski definition) is 0. The Morgan fingerprint density at radius 2 is 1.80 bits per heavy atom.